The van der Waals surface area contributed by atoms with Crippen molar-refractivity contribution in [3.63, 3.8) is 0 Å². The van der Waals surface area contributed by atoms with E-state index in [4.69, 9.17) is 22.8 Å². The predicted octanol–water partition coefficient (Wildman–Crippen LogP) is 6.03. The average molecular weight is 572 g/mol. The van der Waals surface area contributed by atoms with Crippen LogP contribution in [0.3, 0.4) is 0 Å². The fourth-order valence-electron chi connectivity index (χ4n) is 4.94. The van der Waals surface area contributed by atoms with E-state index in [-0.39, 0.29) is 27.8 Å². The Morgan fingerprint density at radius 3 is 1.92 bits per heavy atom. The molecule has 2 saturated heterocycles. The van der Waals surface area contributed by atoms with Gasteiger partial charge in [0.25, 0.3) is 0 Å². The second kappa shape index (κ2) is 10.5. The number of alkyl halides is 3. The summed E-state index contributed by atoms with van der Waals surface area (Å²) in [4.78, 5) is 12.2. The maximum atomic E-state index is 13.4. The lowest BCUT2D eigenvalue weighted by molar-refractivity contribution is -0.286. The zero-order chi connectivity index (χ0) is 29.0. The summed E-state index contributed by atoms with van der Waals surface area (Å²) in [5.74, 6) is -2.07. The van der Waals surface area contributed by atoms with Crippen LogP contribution in [0.4, 0.5) is 13.2 Å². The Hall–Kier alpha value is -0.506. The van der Waals surface area contributed by atoms with Crippen molar-refractivity contribution in [1.29, 1.82) is 0 Å². The second-order valence-corrected chi connectivity index (χ2v) is 23.6. The van der Waals surface area contributed by atoms with Gasteiger partial charge < -0.3 is 28.1 Å². The highest BCUT2D eigenvalue weighted by atomic mass is 28.4. The third kappa shape index (κ3) is 6.80. The van der Waals surface area contributed by atoms with Crippen LogP contribution in [0.15, 0.2) is 0 Å². The van der Waals surface area contributed by atoms with Gasteiger partial charge in [-0.05, 0) is 32.0 Å². The van der Waals surface area contributed by atoms with E-state index in [9.17, 15) is 18.0 Å². The molecule has 0 bridgehead atoms. The lowest BCUT2D eigenvalue weighted by Crippen LogP contribution is -2.75. The number of hydrogen-bond donors (Lipinski definition) is 1. The maximum Gasteiger partial charge on any atom is 0.471 e. The second-order valence-electron chi connectivity index (χ2n) is 14.1. The Bertz CT molecular complexity index is 803. The maximum absolute atomic E-state index is 13.4. The lowest BCUT2D eigenvalue weighted by atomic mass is 9.96. The molecule has 0 aromatic heterocycles. The van der Waals surface area contributed by atoms with Gasteiger partial charge in [0, 0.05) is 10.1 Å². The number of fused-ring (bicyclic) bond motifs is 1. The zero-order valence-corrected chi connectivity index (χ0v) is 26.8. The molecule has 2 aliphatic rings. The van der Waals surface area contributed by atoms with Gasteiger partial charge in [0.15, 0.2) is 14.6 Å². The topological polar surface area (TPSA) is 75.2 Å². The van der Waals surface area contributed by atoms with Crippen molar-refractivity contribution in [2.24, 2.45) is 0 Å². The first-order chi connectivity index (χ1) is 16.3. The number of ether oxygens (including phenoxy) is 2. The van der Waals surface area contributed by atoms with Crippen LogP contribution in [0.25, 0.3) is 0 Å². The summed E-state index contributed by atoms with van der Waals surface area (Å²) >= 11 is 0. The van der Waals surface area contributed by atoms with Gasteiger partial charge in [-0.1, -0.05) is 62.3 Å². The Labute approximate surface area is 222 Å². The van der Waals surface area contributed by atoms with Crippen molar-refractivity contribution in [2.45, 2.75) is 147 Å². The van der Waals surface area contributed by atoms with E-state index in [0.29, 0.717) is 0 Å². The molecule has 1 N–H and O–H groups in total. The molecule has 2 rings (SSSR count). The summed E-state index contributed by atoms with van der Waals surface area (Å²) in [5, 5.41) is 1.17. The SMILES string of the molecule is CC(C)O[C@H]1O[C@@H]2CO[Si](C(C)(C)C)(C(C)(C)C)O[C@@H]2[C@H](O[Si](C)(C)C(C)(C)C)[C@H]1NC(=O)C(F)(F)F. The summed E-state index contributed by atoms with van der Waals surface area (Å²) in [6.07, 6.45) is -8.94. The molecule has 12 heteroatoms. The Kier molecular flexibility index (Phi) is 9.26. The standard InChI is InChI=1S/C25H48F3NO6Si2/c1-15(2)32-20-17(29-21(30)25(26,27)28)19(34-36(12,13)22(3,4)5)18-16(33-20)14-31-37(35-18,23(6,7)8)24(9,10)11/h15-20H,14H2,1-13H3,(H,29,30)/t16-,17-,18+,19-,20+/m1/s1. The molecule has 2 fully saturated rings. The van der Waals surface area contributed by atoms with E-state index >= 15 is 0 Å². The number of halogens is 3. The molecular formula is C25H48F3NO6Si2. The minimum Gasteiger partial charge on any atom is -0.409 e. The fraction of sp³-hybridized carbons (Fsp3) is 0.960. The molecule has 218 valence electrons. The largest absolute Gasteiger partial charge is 0.471 e. The monoisotopic (exact) mass is 571 g/mol. The summed E-state index contributed by atoms with van der Waals surface area (Å²) in [7, 11) is -5.60. The van der Waals surface area contributed by atoms with E-state index in [1.54, 1.807) is 13.8 Å². The number of hydrogen-bond acceptors (Lipinski definition) is 6. The van der Waals surface area contributed by atoms with Gasteiger partial charge in [0.2, 0.25) is 0 Å². The van der Waals surface area contributed by atoms with Crippen molar-refractivity contribution >= 4 is 22.8 Å². The smallest absolute Gasteiger partial charge is 0.409 e. The minimum atomic E-state index is -5.08. The molecule has 5 atom stereocenters. The van der Waals surface area contributed by atoms with E-state index in [0.717, 1.165) is 0 Å². The molecule has 1 amide bonds. The first-order valence-electron chi connectivity index (χ1n) is 13.0. The number of carbonyl (C=O) groups excluding carboxylic acids is 1. The molecule has 37 heavy (non-hydrogen) atoms. The van der Waals surface area contributed by atoms with E-state index in [2.05, 4.69) is 67.6 Å². The van der Waals surface area contributed by atoms with Crippen LogP contribution in [0, 0.1) is 0 Å². The van der Waals surface area contributed by atoms with Crippen molar-refractivity contribution < 1.29 is 40.7 Å². The molecule has 2 aliphatic heterocycles. The highest BCUT2D eigenvalue weighted by molar-refractivity contribution is 6.74. The minimum absolute atomic E-state index is 0.195. The average Bonchev–Trinajstić information content (AvgIpc) is 2.66. The molecule has 0 aromatic carbocycles. The van der Waals surface area contributed by atoms with Gasteiger partial charge in [-0.3, -0.25) is 4.79 Å². The first-order valence-corrected chi connectivity index (χ1v) is 17.7. The van der Waals surface area contributed by atoms with Gasteiger partial charge in [-0.15, -0.1) is 0 Å². The van der Waals surface area contributed by atoms with Gasteiger partial charge in [-0.25, -0.2) is 0 Å². The summed E-state index contributed by atoms with van der Waals surface area (Å²) < 4.78 is 72.7. The zero-order valence-electron chi connectivity index (χ0n) is 24.8. The quantitative estimate of drug-likeness (QED) is 0.406. The number of rotatable bonds is 5. The normalized spacial score (nSPS) is 29.7. The van der Waals surface area contributed by atoms with Gasteiger partial charge in [0.05, 0.1) is 18.8 Å². The third-order valence-corrected chi connectivity index (χ3v) is 17.2. The van der Waals surface area contributed by atoms with Gasteiger partial charge >= 0.3 is 20.6 Å². The van der Waals surface area contributed by atoms with Crippen LogP contribution in [-0.2, 0) is 27.5 Å². The van der Waals surface area contributed by atoms with Crippen LogP contribution in [0.2, 0.25) is 28.2 Å². The van der Waals surface area contributed by atoms with Crippen LogP contribution in [0.1, 0.15) is 76.2 Å². The van der Waals surface area contributed by atoms with E-state index in [1.165, 1.54) is 0 Å². The molecule has 7 nitrogen and oxygen atoms in total. The summed E-state index contributed by atoms with van der Waals surface area (Å²) in [6.45, 7) is 26.3. The molecule has 0 aliphatic carbocycles. The van der Waals surface area contributed by atoms with Crippen LogP contribution < -0.4 is 5.32 Å². The van der Waals surface area contributed by atoms with Crippen molar-refractivity contribution in [3.05, 3.63) is 0 Å². The van der Waals surface area contributed by atoms with Crippen molar-refractivity contribution in [3.8, 4) is 0 Å². The predicted molar refractivity (Wildman–Crippen MR) is 141 cm³/mol. The van der Waals surface area contributed by atoms with E-state index < -0.39 is 59.6 Å². The molecule has 0 unspecified atom stereocenters. The third-order valence-electron chi connectivity index (χ3n) is 7.57. The molecule has 0 saturated carbocycles. The Morgan fingerprint density at radius 1 is 1.00 bits per heavy atom. The number of amides is 1. The van der Waals surface area contributed by atoms with Crippen molar-refractivity contribution in [2.75, 3.05) is 6.61 Å². The van der Waals surface area contributed by atoms with Gasteiger partial charge in [0.1, 0.15) is 18.2 Å². The Morgan fingerprint density at radius 2 is 1.51 bits per heavy atom. The highest BCUT2D eigenvalue weighted by Gasteiger charge is 2.65. The Balaban J connectivity index is 2.68. The number of carbonyl (C=O) groups is 1. The molecule has 0 radical (unpaired) electrons. The summed E-state index contributed by atoms with van der Waals surface area (Å²) in [5.41, 5.74) is 0. The number of nitrogens with one attached hydrogen (secondary N) is 1. The molecular weight excluding hydrogens is 523 g/mol. The summed E-state index contributed by atoms with van der Waals surface area (Å²) in [6, 6.07) is -1.24. The molecule has 0 spiro atoms. The van der Waals surface area contributed by atoms with Crippen LogP contribution >= 0.6 is 0 Å². The molecule has 2 heterocycles. The van der Waals surface area contributed by atoms with Crippen LogP contribution in [-0.4, -0.2) is 72.3 Å². The first kappa shape index (κ1) is 32.7. The van der Waals surface area contributed by atoms with Gasteiger partial charge in [-0.2, -0.15) is 13.2 Å². The van der Waals surface area contributed by atoms with Crippen molar-refractivity contribution in [1.82, 2.24) is 5.32 Å². The van der Waals surface area contributed by atoms with Crippen LogP contribution in [0.5, 0.6) is 0 Å². The highest BCUT2D eigenvalue weighted by Crippen LogP contribution is 2.55. The fourth-order valence-corrected chi connectivity index (χ4v) is 11.2. The molecule has 0 aromatic rings. The van der Waals surface area contributed by atoms with E-state index in [1.807, 2.05) is 13.1 Å². The lowest BCUT2D eigenvalue weighted by Gasteiger charge is -2.59.